The Kier molecular flexibility index (Phi) is 5.86. The summed E-state index contributed by atoms with van der Waals surface area (Å²) >= 11 is 0. The molecular weight excluding hydrogens is 226 g/mol. The molecule has 0 saturated carbocycles. The van der Waals surface area contributed by atoms with Crippen LogP contribution < -0.4 is 0 Å². The summed E-state index contributed by atoms with van der Waals surface area (Å²) in [5.74, 6) is -0.771. The normalized spacial score (nSPS) is 11.2. The van der Waals surface area contributed by atoms with Gasteiger partial charge in [-0.25, -0.2) is 0 Å². The van der Waals surface area contributed by atoms with Crippen LogP contribution in [0.2, 0.25) is 0 Å². The van der Waals surface area contributed by atoms with Crippen LogP contribution in [0.3, 0.4) is 0 Å². The predicted octanol–water partition coefficient (Wildman–Crippen LogP) is 2.93. The third kappa shape index (κ3) is 4.15. The molecule has 1 rings (SSSR count). The Morgan fingerprint density at radius 2 is 1.78 bits per heavy atom. The first kappa shape index (κ1) is 14.7. The molecule has 0 radical (unpaired) electrons. The molecule has 0 aliphatic carbocycles. The van der Waals surface area contributed by atoms with Crippen LogP contribution in [0, 0.1) is 0 Å². The molecule has 3 nitrogen and oxygen atoms in total. The average Bonchev–Trinajstić information content (AvgIpc) is 2.32. The van der Waals surface area contributed by atoms with E-state index in [4.69, 9.17) is 5.11 Å². The number of carbonyl (C=O) groups is 1. The lowest BCUT2D eigenvalue weighted by Crippen LogP contribution is -2.30. The topological polar surface area (TPSA) is 40.5 Å². The summed E-state index contributed by atoms with van der Waals surface area (Å²) in [5, 5.41) is 8.91. The first-order valence-electron chi connectivity index (χ1n) is 6.57. The van der Waals surface area contributed by atoms with E-state index >= 15 is 0 Å². The second kappa shape index (κ2) is 7.17. The minimum absolute atomic E-state index is 0.104. The molecular formula is C15H23NO2. The van der Waals surface area contributed by atoms with Crippen LogP contribution in [0.5, 0.6) is 0 Å². The number of carboxylic acid groups (broad SMARTS) is 1. The average molecular weight is 249 g/mol. The molecule has 0 aromatic heterocycles. The van der Waals surface area contributed by atoms with Crippen LogP contribution >= 0.6 is 0 Å². The van der Waals surface area contributed by atoms with E-state index in [1.54, 1.807) is 0 Å². The number of aliphatic carboxylic acids is 1. The van der Waals surface area contributed by atoms with Gasteiger partial charge in [-0.2, -0.15) is 0 Å². The second-order valence-electron chi connectivity index (χ2n) is 4.72. The molecule has 0 fully saturated rings. The van der Waals surface area contributed by atoms with Gasteiger partial charge in [-0.1, -0.05) is 38.1 Å². The van der Waals surface area contributed by atoms with Crippen molar-refractivity contribution in [1.82, 2.24) is 4.90 Å². The zero-order chi connectivity index (χ0) is 13.5. The molecule has 1 aromatic carbocycles. The van der Waals surface area contributed by atoms with Crippen LogP contribution in [0.4, 0.5) is 0 Å². The Hall–Kier alpha value is -1.35. The molecule has 18 heavy (non-hydrogen) atoms. The van der Waals surface area contributed by atoms with Crippen molar-refractivity contribution in [3.63, 3.8) is 0 Å². The summed E-state index contributed by atoms with van der Waals surface area (Å²) in [6, 6.07) is 8.37. The van der Waals surface area contributed by atoms with E-state index in [0.29, 0.717) is 6.04 Å². The number of rotatable bonds is 7. The largest absolute Gasteiger partial charge is 0.481 e. The van der Waals surface area contributed by atoms with Gasteiger partial charge >= 0.3 is 5.97 Å². The molecule has 0 saturated heterocycles. The Labute approximate surface area is 109 Å². The molecule has 0 atom stereocenters. The van der Waals surface area contributed by atoms with Crippen molar-refractivity contribution in [3.05, 3.63) is 35.4 Å². The van der Waals surface area contributed by atoms with Gasteiger partial charge in [0.2, 0.25) is 0 Å². The van der Waals surface area contributed by atoms with Crippen LogP contribution in [0.15, 0.2) is 24.3 Å². The van der Waals surface area contributed by atoms with E-state index in [0.717, 1.165) is 30.5 Å². The highest BCUT2D eigenvalue weighted by atomic mass is 16.4. The molecule has 0 heterocycles. The standard InChI is InChI=1S/C15H23NO2/c1-4-14(5-2)16(3)11-13-9-7-6-8-12(13)10-15(17)18/h6-9,14H,4-5,10-11H2,1-3H3,(H,17,18). The molecule has 0 spiro atoms. The van der Waals surface area contributed by atoms with Crippen LogP contribution in [-0.4, -0.2) is 29.1 Å². The van der Waals surface area contributed by atoms with Crippen LogP contribution in [0.1, 0.15) is 37.8 Å². The Morgan fingerprint density at radius 3 is 2.28 bits per heavy atom. The van der Waals surface area contributed by atoms with Gasteiger partial charge in [0.25, 0.3) is 0 Å². The highest BCUT2D eigenvalue weighted by Crippen LogP contribution is 2.15. The maximum Gasteiger partial charge on any atom is 0.307 e. The highest BCUT2D eigenvalue weighted by molar-refractivity contribution is 5.70. The molecule has 1 N–H and O–H groups in total. The molecule has 3 heteroatoms. The molecule has 0 aliphatic rings. The first-order chi connectivity index (χ1) is 8.58. The van der Waals surface area contributed by atoms with E-state index in [-0.39, 0.29) is 6.42 Å². The van der Waals surface area contributed by atoms with Gasteiger partial charge in [0.1, 0.15) is 0 Å². The fourth-order valence-electron chi connectivity index (χ4n) is 2.36. The van der Waals surface area contributed by atoms with Crippen molar-refractivity contribution in [2.75, 3.05) is 7.05 Å². The second-order valence-corrected chi connectivity index (χ2v) is 4.72. The monoisotopic (exact) mass is 249 g/mol. The fourth-order valence-corrected chi connectivity index (χ4v) is 2.36. The summed E-state index contributed by atoms with van der Waals surface area (Å²) in [7, 11) is 2.11. The maximum atomic E-state index is 10.8. The van der Waals surface area contributed by atoms with Crippen LogP contribution in [0.25, 0.3) is 0 Å². The Bertz CT molecular complexity index is 386. The van der Waals surface area contributed by atoms with E-state index in [9.17, 15) is 4.79 Å². The summed E-state index contributed by atoms with van der Waals surface area (Å²) < 4.78 is 0. The predicted molar refractivity (Wildman–Crippen MR) is 73.6 cm³/mol. The lowest BCUT2D eigenvalue weighted by molar-refractivity contribution is -0.136. The molecule has 0 amide bonds. The molecule has 100 valence electrons. The van der Waals surface area contributed by atoms with E-state index < -0.39 is 5.97 Å². The summed E-state index contributed by atoms with van der Waals surface area (Å²) in [4.78, 5) is 13.1. The van der Waals surface area contributed by atoms with Crippen molar-refractivity contribution in [2.45, 2.75) is 45.7 Å². The Morgan fingerprint density at radius 1 is 1.22 bits per heavy atom. The number of carboxylic acids is 1. The van der Waals surface area contributed by atoms with Gasteiger partial charge in [-0.15, -0.1) is 0 Å². The van der Waals surface area contributed by atoms with Gasteiger partial charge < -0.3 is 5.11 Å². The van der Waals surface area contributed by atoms with Gasteiger partial charge in [0, 0.05) is 12.6 Å². The zero-order valence-corrected chi connectivity index (χ0v) is 11.5. The molecule has 0 aliphatic heterocycles. The highest BCUT2D eigenvalue weighted by Gasteiger charge is 2.13. The molecule has 0 unspecified atom stereocenters. The lowest BCUT2D eigenvalue weighted by Gasteiger charge is -2.26. The third-order valence-corrected chi connectivity index (χ3v) is 3.45. The molecule has 0 bridgehead atoms. The fraction of sp³-hybridized carbons (Fsp3) is 0.533. The smallest absolute Gasteiger partial charge is 0.307 e. The summed E-state index contributed by atoms with van der Waals surface area (Å²) in [5.41, 5.74) is 2.04. The van der Waals surface area contributed by atoms with E-state index in [1.165, 1.54) is 0 Å². The SMILES string of the molecule is CCC(CC)N(C)Cc1ccccc1CC(=O)O. The van der Waals surface area contributed by atoms with Gasteiger partial charge in [-0.3, -0.25) is 9.69 Å². The van der Waals surface area contributed by atoms with E-state index in [1.807, 2.05) is 24.3 Å². The van der Waals surface area contributed by atoms with Gasteiger partial charge in [0.15, 0.2) is 0 Å². The number of hydrogen-bond donors (Lipinski definition) is 1. The van der Waals surface area contributed by atoms with Crippen molar-refractivity contribution >= 4 is 5.97 Å². The van der Waals surface area contributed by atoms with Crippen molar-refractivity contribution in [1.29, 1.82) is 0 Å². The minimum Gasteiger partial charge on any atom is -0.481 e. The van der Waals surface area contributed by atoms with Gasteiger partial charge in [-0.05, 0) is 31.0 Å². The van der Waals surface area contributed by atoms with Crippen LogP contribution in [-0.2, 0) is 17.8 Å². The lowest BCUT2D eigenvalue weighted by atomic mass is 10.0. The number of benzene rings is 1. The van der Waals surface area contributed by atoms with Gasteiger partial charge in [0.05, 0.1) is 6.42 Å². The Balaban J connectivity index is 2.80. The third-order valence-electron chi connectivity index (χ3n) is 3.45. The number of hydrogen-bond acceptors (Lipinski definition) is 2. The quantitative estimate of drug-likeness (QED) is 0.807. The van der Waals surface area contributed by atoms with Crippen molar-refractivity contribution in [2.24, 2.45) is 0 Å². The summed E-state index contributed by atoms with van der Waals surface area (Å²) in [6.07, 6.45) is 2.34. The van der Waals surface area contributed by atoms with Crippen molar-refractivity contribution < 1.29 is 9.90 Å². The summed E-state index contributed by atoms with van der Waals surface area (Å²) in [6.45, 7) is 5.19. The number of nitrogens with zero attached hydrogens (tertiary/aromatic N) is 1. The van der Waals surface area contributed by atoms with E-state index in [2.05, 4.69) is 25.8 Å². The van der Waals surface area contributed by atoms with Crippen molar-refractivity contribution in [3.8, 4) is 0 Å². The molecule has 1 aromatic rings. The first-order valence-corrected chi connectivity index (χ1v) is 6.57. The zero-order valence-electron chi connectivity index (χ0n) is 11.5. The minimum atomic E-state index is -0.771. The maximum absolute atomic E-state index is 10.8.